The lowest BCUT2D eigenvalue weighted by atomic mass is 9.95. The second-order valence-corrected chi connectivity index (χ2v) is 8.00. The maximum Gasteiger partial charge on any atom is 0.115 e. The van der Waals surface area contributed by atoms with Crippen LogP contribution in [0.15, 0.2) is 54.3 Å². The fraction of sp³-hybridized carbons (Fsp3) is 0.381. The number of thiazole rings is 1. The van der Waals surface area contributed by atoms with E-state index < -0.39 is 0 Å². The molecule has 1 aliphatic carbocycles. The first-order valence-corrected chi connectivity index (χ1v) is 10.5. The molecule has 0 bridgehead atoms. The topological polar surface area (TPSA) is 22.1 Å². The molecule has 140 valence electrons. The molecule has 1 aliphatic rings. The molecule has 1 saturated carbocycles. The van der Waals surface area contributed by atoms with Crippen molar-refractivity contribution in [1.82, 2.24) is 4.98 Å². The molecule has 5 heteroatoms. The number of hydrogen-bond donors (Lipinski definition) is 0. The molecule has 1 unspecified atom stereocenters. The molecule has 0 amide bonds. The Morgan fingerprint density at radius 1 is 1.23 bits per heavy atom. The highest BCUT2D eigenvalue weighted by Crippen LogP contribution is 2.34. The quantitative estimate of drug-likeness (QED) is 0.327. The fourth-order valence-corrected chi connectivity index (χ4v) is 3.36. The van der Waals surface area contributed by atoms with Crippen LogP contribution in [0, 0.1) is 0 Å². The Hall–Kier alpha value is -1.29. The first-order valence-electron chi connectivity index (χ1n) is 8.87. The van der Waals surface area contributed by atoms with Crippen molar-refractivity contribution in [1.29, 1.82) is 0 Å². The summed E-state index contributed by atoms with van der Waals surface area (Å²) in [4.78, 5) is 4.41. The van der Waals surface area contributed by atoms with Crippen molar-refractivity contribution in [2.45, 2.75) is 51.6 Å². The first kappa shape index (κ1) is 21.0. The molecule has 1 atom stereocenters. The number of halogens is 2. The summed E-state index contributed by atoms with van der Waals surface area (Å²) in [5.41, 5.74) is 1.82. The number of rotatable bonds is 8. The Morgan fingerprint density at radius 2 is 1.96 bits per heavy atom. The van der Waals surface area contributed by atoms with Crippen LogP contribution in [0.1, 0.15) is 55.5 Å². The van der Waals surface area contributed by atoms with E-state index in [4.69, 9.17) is 27.9 Å². The van der Waals surface area contributed by atoms with Gasteiger partial charge in [0.15, 0.2) is 0 Å². The molecular formula is C21H25Cl2NOS. The van der Waals surface area contributed by atoms with E-state index in [0.29, 0.717) is 22.4 Å². The Balaban J connectivity index is 0.000000732. The fourth-order valence-electron chi connectivity index (χ4n) is 2.23. The Morgan fingerprint density at radius 3 is 2.50 bits per heavy atom. The van der Waals surface area contributed by atoms with Crippen molar-refractivity contribution < 1.29 is 4.74 Å². The van der Waals surface area contributed by atoms with Crippen LogP contribution in [0.25, 0.3) is 0 Å². The SMILES string of the molecule is C1CC1.C=C(OCc1ccc(Cl)c(Cl)c1)C(=C)C(CCC)c1nccs1. The average molecular weight is 410 g/mol. The summed E-state index contributed by atoms with van der Waals surface area (Å²) in [7, 11) is 0. The van der Waals surface area contributed by atoms with Crippen LogP contribution in [-0.2, 0) is 11.3 Å². The minimum absolute atomic E-state index is 0.154. The Kier molecular flexibility index (Phi) is 8.70. The summed E-state index contributed by atoms with van der Waals surface area (Å²) in [5.74, 6) is 0.742. The molecule has 1 aromatic heterocycles. The molecule has 1 heterocycles. The van der Waals surface area contributed by atoms with Gasteiger partial charge in [-0.25, -0.2) is 4.98 Å². The van der Waals surface area contributed by atoms with Crippen LogP contribution in [0.4, 0.5) is 0 Å². The molecule has 2 aromatic rings. The molecular weight excluding hydrogens is 385 g/mol. The lowest BCUT2D eigenvalue weighted by Gasteiger charge is -2.19. The lowest BCUT2D eigenvalue weighted by molar-refractivity contribution is 0.205. The Bertz CT molecular complexity index is 723. The van der Waals surface area contributed by atoms with Gasteiger partial charge < -0.3 is 4.74 Å². The number of hydrogen-bond acceptors (Lipinski definition) is 3. The average Bonchev–Trinajstić information content (AvgIpc) is 3.43. The van der Waals surface area contributed by atoms with Crippen molar-refractivity contribution >= 4 is 34.5 Å². The van der Waals surface area contributed by atoms with Gasteiger partial charge in [-0.1, -0.05) is 75.0 Å². The van der Waals surface area contributed by atoms with E-state index >= 15 is 0 Å². The molecule has 0 radical (unpaired) electrons. The third-order valence-corrected chi connectivity index (χ3v) is 5.48. The number of allylic oxidation sites excluding steroid dienone is 1. The number of ether oxygens (including phenoxy) is 1. The normalized spacial score (nSPS) is 13.3. The second kappa shape index (κ2) is 10.8. The molecule has 0 saturated heterocycles. The standard InChI is InChI=1S/C18H19Cl2NOS.C3H6/c1-4-5-15(18-21-8-9-23-18)12(2)13(3)22-11-14-6-7-16(19)17(20)10-14;1-2-3-1/h6-10,15H,2-5,11H2,1H3;1-3H2. The molecule has 1 fully saturated rings. The van der Waals surface area contributed by atoms with Crippen molar-refractivity contribution in [3.8, 4) is 0 Å². The van der Waals surface area contributed by atoms with Crippen LogP contribution in [0.3, 0.4) is 0 Å². The van der Waals surface area contributed by atoms with Crippen molar-refractivity contribution in [2.24, 2.45) is 0 Å². The number of aromatic nitrogens is 1. The smallest absolute Gasteiger partial charge is 0.115 e. The zero-order valence-electron chi connectivity index (χ0n) is 15.1. The van der Waals surface area contributed by atoms with Gasteiger partial charge in [0.05, 0.1) is 10.0 Å². The highest BCUT2D eigenvalue weighted by molar-refractivity contribution is 7.09. The molecule has 1 aromatic carbocycles. The van der Waals surface area contributed by atoms with Gasteiger partial charge in [-0.3, -0.25) is 0 Å². The maximum atomic E-state index is 6.02. The summed E-state index contributed by atoms with van der Waals surface area (Å²) in [6, 6.07) is 5.44. The van der Waals surface area contributed by atoms with Gasteiger partial charge in [-0.15, -0.1) is 11.3 Å². The largest absolute Gasteiger partial charge is 0.489 e. The minimum Gasteiger partial charge on any atom is -0.489 e. The van der Waals surface area contributed by atoms with E-state index in [0.717, 1.165) is 29.0 Å². The predicted molar refractivity (Wildman–Crippen MR) is 113 cm³/mol. The van der Waals surface area contributed by atoms with E-state index in [2.05, 4.69) is 25.1 Å². The van der Waals surface area contributed by atoms with Gasteiger partial charge >= 0.3 is 0 Å². The molecule has 3 rings (SSSR count). The van der Waals surface area contributed by atoms with Crippen molar-refractivity contribution in [2.75, 3.05) is 0 Å². The van der Waals surface area contributed by atoms with Gasteiger partial charge in [0.25, 0.3) is 0 Å². The van der Waals surface area contributed by atoms with Gasteiger partial charge in [0.2, 0.25) is 0 Å². The lowest BCUT2D eigenvalue weighted by Crippen LogP contribution is -2.06. The predicted octanol–water partition coefficient (Wildman–Crippen LogP) is 7.79. The monoisotopic (exact) mass is 409 g/mol. The molecule has 2 nitrogen and oxygen atoms in total. The van der Waals surface area contributed by atoms with Crippen LogP contribution in [0.5, 0.6) is 0 Å². The van der Waals surface area contributed by atoms with Gasteiger partial charge in [-0.2, -0.15) is 0 Å². The van der Waals surface area contributed by atoms with Crippen LogP contribution < -0.4 is 0 Å². The maximum absolute atomic E-state index is 6.02. The van der Waals surface area contributed by atoms with Crippen molar-refractivity contribution in [3.63, 3.8) is 0 Å². The summed E-state index contributed by atoms with van der Waals surface area (Å²) < 4.78 is 5.79. The third-order valence-electron chi connectivity index (χ3n) is 3.86. The van der Waals surface area contributed by atoms with Gasteiger partial charge in [0, 0.05) is 17.5 Å². The molecule has 0 aliphatic heterocycles. The molecule has 26 heavy (non-hydrogen) atoms. The van der Waals surface area contributed by atoms with Crippen LogP contribution >= 0.6 is 34.5 Å². The van der Waals surface area contributed by atoms with Gasteiger partial charge in [0.1, 0.15) is 17.4 Å². The second-order valence-electron chi connectivity index (χ2n) is 6.26. The van der Waals surface area contributed by atoms with E-state index in [9.17, 15) is 0 Å². The Labute approximate surface area is 170 Å². The van der Waals surface area contributed by atoms with E-state index in [1.54, 1.807) is 23.5 Å². The first-order chi connectivity index (χ1) is 12.5. The number of benzene rings is 1. The number of nitrogens with zero attached hydrogens (tertiary/aromatic N) is 1. The molecule has 0 spiro atoms. The van der Waals surface area contributed by atoms with Crippen molar-refractivity contribution in [3.05, 3.63) is 74.9 Å². The van der Waals surface area contributed by atoms with Gasteiger partial charge in [-0.05, 0) is 29.7 Å². The highest BCUT2D eigenvalue weighted by Gasteiger charge is 2.20. The summed E-state index contributed by atoms with van der Waals surface area (Å²) in [6.45, 7) is 10.7. The van der Waals surface area contributed by atoms with E-state index in [1.165, 1.54) is 19.3 Å². The van der Waals surface area contributed by atoms with E-state index in [1.807, 2.05) is 17.6 Å². The third kappa shape index (κ3) is 6.79. The van der Waals surface area contributed by atoms with Crippen LogP contribution in [0.2, 0.25) is 10.0 Å². The zero-order valence-corrected chi connectivity index (χ0v) is 17.5. The minimum atomic E-state index is 0.154. The zero-order chi connectivity index (χ0) is 18.9. The van der Waals surface area contributed by atoms with E-state index in [-0.39, 0.29) is 5.92 Å². The summed E-state index contributed by atoms with van der Waals surface area (Å²) >= 11 is 13.6. The molecule has 0 N–H and O–H groups in total. The highest BCUT2D eigenvalue weighted by atomic mass is 35.5. The van der Waals surface area contributed by atoms with Crippen LogP contribution in [-0.4, -0.2) is 4.98 Å². The summed E-state index contributed by atoms with van der Waals surface area (Å²) in [5, 5.41) is 4.08. The summed E-state index contributed by atoms with van der Waals surface area (Å²) in [6.07, 6.45) is 8.33.